The van der Waals surface area contributed by atoms with Gasteiger partial charge in [-0.05, 0) is 42.5 Å². The molecule has 1 aliphatic heterocycles. The summed E-state index contributed by atoms with van der Waals surface area (Å²) < 4.78 is 5.58. The summed E-state index contributed by atoms with van der Waals surface area (Å²) in [5.74, 6) is -1.34. The van der Waals surface area contributed by atoms with E-state index in [0.717, 1.165) is 22.3 Å². The van der Waals surface area contributed by atoms with E-state index < -0.39 is 34.9 Å². The number of carboxylic acid groups (broad SMARTS) is 1. The summed E-state index contributed by atoms with van der Waals surface area (Å²) in [6.07, 6.45) is 0.962. The van der Waals surface area contributed by atoms with Gasteiger partial charge in [-0.1, -0.05) is 54.6 Å². The fourth-order valence-electron chi connectivity index (χ4n) is 4.74. The first kappa shape index (κ1) is 23.9. The minimum Gasteiger partial charge on any atom is -0.480 e. The maximum Gasteiger partial charge on any atom is 0.407 e. The van der Waals surface area contributed by atoms with E-state index in [-0.39, 0.29) is 18.9 Å². The van der Waals surface area contributed by atoms with Gasteiger partial charge in [0, 0.05) is 11.7 Å². The van der Waals surface area contributed by atoms with Gasteiger partial charge in [0.05, 0.1) is 4.87 Å². The van der Waals surface area contributed by atoms with Crippen molar-refractivity contribution in [1.29, 1.82) is 0 Å². The molecular weight excluding hydrogens is 452 g/mol. The molecule has 1 aliphatic carbocycles. The second-order valence-electron chi connectivity index (χ2n) is 8.87. The van der Waals surface area contributed by atoms with Crippen LogP contribution in [0, 0.1) is 0 Å². The van der Waals surface area contributed by atoms with Crippen molar-refractivity contribution in [2.45, 2.75) is 43.1 Å². The molecule has 0 saturated carbocycles. The molecule has 1 fully saturated rings. The lowest BCUT2D eigenvalue weighted by atomic mass is 9.98. The van der Waals surface area contributed by atoms with E-state index >= 15 is 0 Å². The molecule has 2 atom stereocenters. The number of carbonyl (C=O) groups is 3. The van der Waals surface area contributed by atoms with Crippen LogP contribution in [0.3, 0.4) is 0 Å². The van der Waals surface area contributed by atoms with Gasteiger partial charge in [0.1, 0.15) is 18.7 Å². The number of thioether (sulfide) groups is 1. The third-order valence-electron chi connectivity index (χ3n) is 6.34. The van der Waals surface area contributed by atoms with Gasteiger partial charge in [-0.3, -0.25) is 4.79 Å². The Bertz CT molecular complexity index is 1090. The zero-order chi connectivity index (χ0) is 24.5. The Morgan fingerprint density at radius 1 is 1.18 bits per heavy atom. The molecule has 2 aromatic rings. The third-order valence-corrected chi connectivity index (χ3v) is 7.73. The van der Waals surface area contributed by atoms with E-state index in [4.69, 9.17) is 4.74 Å². The number of rotatable bonds is 7. The Balaban J connectivity index is 1.47. The van der Waals surface area contributed by atoms with Gasteiger partial charge < -0.3 is 20.1 Å². The van der Waals surface area contributed by atoms with Gasteiger partial charge in [-0.25, -0.2) is 9.59 Å². The molecule has 34 heavy (non-hydrogen) atoms. The van der Waals surface area contributed by atoms with Crippen LogP contribution in [0.2, 0.25) is 0 Å². The highest BCUT2D eigenvalue weighted by atomic mass is 32.2. The van der Waals surface area contributed by atoms with Crippen molar-refractivity contribution in [3.8, 4) is 11.1 Å². The SMILES string of the molecule is C=CC[C@H](NC(=O)OCC1c2ccccc2-c2ccccc21)C(=O)N1[C@H](C(=O)O)CSC1(C)C. The molecule has 2 amide bonds. The zero-order valence-corrected chi connectivity index (χ0v) is 20.0. The van der Waals surface area contributed by atoms with Crippen LogP contribution >= 0.6 is 11.8 Å². The lowest BCUT2D eigenvalue weighted by molar-refractivity contribution is -0.151. The smallest absolute Gasteiger partial charge is 0.407 e. The molecule has 2 N–H and O–H groups in total. The topological polar surface area (TPSA) is 95.9 Å². The van der Waals surface area contributed by atoms with Crippen LogP contribution in [0.5, 0.6) is 0 Å². The van der Waals surface area contributed by atoms with Crippen LogP contribution in [0.1, 0.15) is 37.3 Å². The van der Waals surface area contributed by atoms with Crippen LogP contribution < -0.4 is 5.32 Å². The summed E-state index contributed by atoms with van der Waals surface area (Å²) in [5.41, 5.74) is 4.44. The normalized spacial score (nSPS) is 19.1. The zero-order valence-electron chi connectivity index (χ0n) is 19.2. The molecule has 7 nitrogen and oxygen atoms in total. The fraction of sp³-hybridized carbons (Fsp3) is 0.346. The van der Waals surface area contributed by atoms with Crippen molar-refractivity contribution in [1.82, 2.24) is 10.2 Å². The van der Waals surface area contributed by atoms with Crippen LogP contribution in [0.4, 0.5) is 4.79 Å². The molecule has 0 bridgehead atoms. The highest BCUT2D eigenvalue weighted by molar-refractivity contribution is 8.00. The standard InChI is InChI=1S/C26H28N2O5S/c1-4-9-21(23(29)28-22(24(30)31)15-34-26(28,2)3)27-25(32)33-14-20-18-12-7-5-10-16(18)17-11-6-8-13-19(17)20/h4-8,10-13,20-22H,1,9,14-15H2,2-3H3,(H,27,32)(H,30,31)/t21-,22-/m0/s1. The van der Waals surface area contributed by atoms with E-state index in [1.54, 1.807) is 13.8 Å². The first-order chi connectivity index (χ1) is 16.2. The molecule has 1 heterocycles. The Morgan fingerprint density at radius 2 is 1.76 bits per heavy atom. The van der Waals surface area contributed by atoms with Crippen molar-refractivity contribution >= 4 is 29.7 Å². The summed E-state index contributed by atoms with van der Waals surface area (Å²) in [6, 6.07) is 14.2. The Hall–Kier alpha value is -3.26. The minimum atomic E-state index is -1.06. The molecule has 2 aliphatic rings. The predicted molar refractivity (Wildman–Crippen MR) is 132 cm³/mol. The van der Waals surface area contributed by atoms with E-state index in [1.807, 2.05) is 36.4 Å². The second kappa shape index (κ2) is 9.54. The summed E-state index contributed by atoms with van der Waals surface area (Å²) in [7, 11) is 0. The van der Waals surface area contributed by atoms with E-state index in [2.05, 4.69) is 24.0 Å². The highest BCUT2D eigenvalue weighted by Gasteiger charge is 2.48. The van der Waals surface area contributed by atoms with Crippen molar-refractivity contribution in [3.63, 3.8) is 0 Å². The second-order valence-corrected chi connectivity index (χ2v) is 10.5. The lowest BCUT2D eigenvalue weighted by Gasteiger charge is -2.35. The number of aliphatic carboxylic acids is 1. The Labute approximate surface area is 203 Å². The van der Waals surface area contributed by atoms with Gasteiger partial charge >= 0.3 is 12.1 Å². The summed E-state index contributed by atoms with van der Waals surface area (Å²) in [6.45, 7) is 7.41. The molecule has 4 rings (SSSR count). The number of amides is 2. The maximum atomic E-state index is 13.3. The number of carbonyl (C=O) groups excluding carboxylic acids is 2. The lowest BCUT2D eigenvalue weighted by Crippen LogP contribution is -2.57. The van der Waals surface area contributed by atoms with Crippen molar-refractivity contribution in [2.24, 2.45) is 0 Å². The highest BCUT2D eigenvalue weighted by Crippen LogP contribution is 2.44. The number of carboxylic acids is 1. The largest absolute Gasteiger partial charge is 0.480 e. The molecule has 2 aromatic carbocycles. The van der Waals surface area contributed by atoms with Crippen LogP contribution in [0.25, 0.3) is 11.1 Å². The number of nitrogens with one attached hydrogen (secondary N) is 1. The first-order valence-electron chi connectivity index (χ1n) is 11.2. The van der Waals surface area contributed by atoms with Gasteiger partial charge in [-0.15, -0.1) is 18.3 Å². The number of ether oxygens (including phenoxy) is 1. The van der Waals surface area contributed by atoms with Gasteiger partial charge in [0.15, 0.2) is 0 Å². The van der Waals surface area contributed by atoms with Crippen molar-refractivity contribution in [2.75, 3.05) is 12.4 Å². The molecule has 8 heteroatoms. The molecule has 0 aromatic heterocycles. The summed E-state index contributed by atoms with van der Waals surface area (Å²) >= 11 is 1.40. The van der Waals surface area contributed by atoms with E-state index in [1.165, 1.54) is 22.7 Å². The number of alkyl carbamates (subject to hydrolysis) is 1. The quantitative estimate of drug-likeness (QED) is 0.576. The Morgan fingerprint density at radius 3 is 2.32 bits per heavy atom. The summed E-state index contributed by atoms with van der Waals surface area (Å²) in [4.78, 5) is 38.4. The average Bonchev–Trinajstić information content (AvgIpc) is 3.31. The van der Waals surface area contributed by atoms with E-state index in [9.17, 15) is 19.5 Å². The summed E-state index contributed by atoms with van der Waals surface area (Å²) in [5, 5.41) is 12.2. The van der Waals surface area contributed by atoms with Gasteiger partial charge in [0.25, 0.3) is 0 Å². The molecule has 0 spiro atoms. The van der Waals surface area contributed by atoms with E-state index in [0.29, 0.717) is 5.75 Å². The van der Waals surface area contributed by atoms with Crippen LogP contribution in [-0.2, 0) is 14.3 Å². The molecule has 178 valence electrons. The van der Waals surface area contributed by atoms with Crippen molar-refractivity contribution < 1.29 is 24.2 Å². The maximum absolute atomic E-state index is 13.3. The van der Waals surface area contributed by atoms with Crippen LogP contribution in [-0.4, -0.2) is 57.3 Å². The molecule has 0 unspecified atom stereocenters. The first-order valence-corrected chi connectivity index (χ1v) is 12.2. The number of fused-ring (bicyclic) bond motifs is 3. The monoisotopic (exact) mass is 480 g/mol. The minimum absolute atomic E-state index is 0.1000. The average molecular weight is 481 g/mol. The number of hydrogen-bond acceptors (Lipinski definition) is 5. The van der Waals surface area contributed by atoms with Crippen molar-refractivity contribution in [3.05, 3.63) is 72.3 Å². The van der Waals surface area contributed by atoms with Gasteiger partial charge in [-0.2, -0.15) is 0 Å². The third kappa shape index (κ3) is 4.42. The Kier molecular flexibility index (Phi) is 6.70. The fourth-order valence-corrected chi connectivity index (χ4v) is 5.95. The number of benzene rings is 2. The predicted octanol–water partition coefficient (Wildman–Crippen LogP) is 4.23. The molecule has 1 saturated heterocycles. The van der Waals surface area contributed by atoms with Crippen LogP contribution in [0.15, 0.2) is 61.2 Å². The molecular formula is C26H28N2O5S. The number of nitrogens with zero attached hydrogens (tertiary/aromatic N) is 1. The number of hydrogen-bond donors (Lipinski definition) is 2. The molecule has 0 radical (unpaired) electrons. The van der Waals surface area contributed by atoms with Gasteiger partial charge in [0.2, 0.25) is 5.91 Å².